The largest absolute Gasteiger partial charge is 0.507 e. The van der Waals surface area contributed by atoms with E-state index >= 15 is 0 Å². The quantitative estimate of drug-likeness (QED) is 0.409. The zero-order valence-corrected chi connectivity index (χ0v) is 17.6. The summed E-state index contributed by atoms with van der Waals surface area (Å²) in [4.78, 5) is 27.2. The van der Waals surface area contributed by atoms with Crippen molar-refractivity contribution in [2.75, 3.05) is 26.9 Å². The minimum Gasteiger partial charge on any atom is -0.507 e. The van der Waals surface area contributed by atoms with E-state index < -0.39 is 17.7 Å². The van der Waals surface area contributed by atoms with Crippen molar-refractivity contribution in [2.45, 2.75) is 26.3 Å². The summed E-state index contributed by atoms with van der Waals surface area (Å²) in [5.74, 6) is -0.886. The van der Waals surface area contributed by atoms with E-state index in [2.05, 4.69) is 0 Å². The molecule has 1 aliphatic heterocycles. The Balaban J connectivity index is 2.13. The number of ketones is 1. The molecule has 1 amide bonds. The second kappa shape index (κ2) is 9.59. The average molecular weight is 409 g/mol. The van der Waals surface area contributed by atoms with Crippen molar-refractivity contribution in [1.82, 2.24) is 4.90 Å². The van der Waals surface area contributed by atoms with Gasteiger partial charge in [-0.25, -0.2) is 0 Å². The van der Waals surface area contributed by atoms with Crippen LogP contribution >= 0.6 is 0 Å². The lowest BCUT2D eigenvalue weighted by molar-refractivity contribution is -0.140. The summed E-state index contributed by atoms with van der Waals surface area (Å²) < 4.78 is 10.7. The molecule has 0 aliphatic carbocycles. The fourth-order valence-corrected chi connectivity index (χ4v) is 3.64. The number of ether oxygens (including phenoxy) is 2. The van der Waals surface area contributed by atoms with Gasteiger partial charge >= 0.3 is 0 Å². The Bertz CT molecular complexity index is 948. The molecule has 1 fully saturated rings. The van der Waals surface area contributed by atoms with Crippen molar-refractivity contribution in [3.63, 3.8) is 0 Å². The number of Topliss-reactive ketones (excluding diaryl/α,β-unsaturated/α-hetero) is 1. The molecule has 30 heavy (non-hydrogen) atoms. The van der Waals surface area contributed by atoms with Gasteiger partial charge in [-0.05, 0) is 36.6 Å². The minimum absolute atomic E-state index is 0.0778. The number of carbonyl (C=O) groups excluding carboxylic acids is 2. The molecule has 1 heterocycles. The first-order valence-electron chi connectivity index (χ1n) is 10.1. The number of amides is 1. The van der Waals surface area contributed by atoms with Crippen LogP contribution in [-0.4, -0.2) is 48.6 Å². The van der Waals surface area contributed by atoms with Gasteiger partial charge in [0.1, 0.15) is 11.5 Å². The summed E-state index contributed by atoms with van der Waals surface area (Å²) in [5, 5.41) is 11.0. The smallest absolute Gasteiger partial charge is 0.295 e. The average Bonchev–Trinajstić information content (AvgIpc) is 3.02. The summed E-state index contributed by atoms with van der Waals surface area (Å²) in [7, 11) is 1.54. The number of hydrogen-bond donors (Lipinski definition) is 1. The highest BCUT2D eigenvalue weighted by Crippen LogP contribution is 2.40. The van der Waals surface area contributed by atoms with Crippen LogP contribution in [0.4, 0.5) is 0 Å². The molecule has 1 unspecified atom stereocenters. The van der Waals surface area contributed by atoms with Crippen molar-refractivity contribution in [2.24, 2.45) is 0 Å². The molecule has 1 aliphatic rings. The monoisotopic (exact) mass is 409 g/mol. The number of hydrogen-bond acceptors (Lipinski definition) is 5. The lowest BCUT2D eigenvalue weighted by Crippen LogP contribution is -2.32. The molecule has 1 atom stereocenters. The van der Waals surface area contributed by atoms with Crippen LogP contribution in [0.3, 0.4) is 0 Å². The lowest BCUT2D eigenvalue weighted by atomic mass is 9.94. The molecule has 0 spiro atoms. The molecule has 0 bridgehead atoms. The molecular formula is C24H27NO5. The van der Waals surface area contributed by atoms with E-state index in [1.807, 2.05) is 44.2 Å². The first-order chi connectivity index (χ1) is 14.5. The third kappa shape index (κ3) is 4.24. The zero-order chi connectivity index (χ0) is 21.7. The number of benzene rings is 2. The Labute approximate surface area is 176 Å². The molecule has 2 aromatic carbocycles. The van der Waals surface area contributed by atoms with E-state index in [0.717, 1.165) is 12.0 Å². The highest BCUT2D eigenvalue weighted by atomic mass is 16.5. The fourth-order valence-electron chi connectivity index (χ4n) is 3.64. The normalized spacial score (nSPS) is 18.1. The van der Waals surface area contributed by atoms with Gasteiger partial charge in [0.2, 0.25) is 0 Å². The molecule has 158 valence electrons. The standard InChI is InChI=1S/C24H27NO5/c1-4-16-9-11-17(12-10-16)22(26)20-21(18-7-6-8-19(15-18)30-5-2)25(13-14-29-3)24(28)23(20)27/h6-12,15,21,26H,4-5,13-14H2,1-3H3/b22-20-. The molecule has 0 radical (unpaired) electrons. The maximum Gasteiger partial charge on any atom is 0.295 e. The highest BCUT2D eigenvalue weighted by Gasteiger charge is 2.45. The van der Waals surface area contributed by atoms with Crippen molar-refractivity contribution < 1.29 is 24.2 Å². The number of nitrogens with zero attached hydrogens (tertiary/aromatic N) is 1. The van der Waals surface area contributed by atoms with Gasteiger partial charge < -0.3 is 19.5 Å². The van der Waals surface area contributed by atoms with Gasteiger partial charge in [-0.3, -0.25) is 9.59 Å². The highest BCUT2D eigenvalue weighted by molar-refractivity contribution is 6.46. The Hall–Kier alpha value is -3.12. The van der Waals surface area contributed by atoms with Crippen molar-refractivity contribution in [3.8, 4) is 5.75 Å². The molecular weight excluding hydrogens is 382 g/mol. The molecule has 0 aromatic heterocycles. The summed E-state index contributed by atoms with van der Waals surface area (Å²) in [5.41, 5.74) is 2.40. The lowest BCUT2D eigenvalue weighted by Gasteiger charge is -2.25. The van der Waals surface area contributed by atoms with E-state index in [-0.39, 0.29) is 24.5 Å². The van der Waals surface area contributed by atoms with Crippen LogP contribution in [0.1, 0.15) is 36.6 Å². The fraction of sp³-hybridized carbons (Fsp3) is 0.333. The first kappa shape index (κ1) is 21.6. The van der Waals surface area contributed by atoms with E-state index in [9.17, 15) is 14.7 Å². The van der Waals surface area contributed by atoms with Gasteiger partial charge in [-0.15, -0.1) is 0 Å². The van der Waals surface area contributed by atoms with Gasteiger partial charge in [0, 0.05) is 19.2 Å². The maximum absolute atomic E-state index is 12.9. The molecule has 3 rings (SSSR count). The maximum atomic E-state index is 12.9. The summed E-state index contributed by atoms with van der Waals surface area (Å²) >= 11 is 0. The molecule has 0 saturated carbocycles. The number of aryl methyl sites for hydroxylation is 1. The van der Waals surface area contributed by atoms with Crippen LogP contribution < -0.4 is 4.74 Å². The third-order valence-corrected chi connectivity index (χ3v) is 5.20. The van der Waals surface area contributed by atoms with Crippen LogP contribution in [0.15, 0.2) is 54.1 Å². The Kier molecular flexibility index (Phi) is 6.90. The topological polar surface area (TPSA) is 76.1 Å². The SMILES string of the molecule is CCOc1cccc(C2/C(=C(/O)c3ccc(CC)cc3)C(=O)C(=O)N2CCOC)c1. The summed E-state index contributed by atoms with van der Waals surface area (Å²) in [6.45, 7) is 4.94. The summed E-state index contributed by atoms with van der Waals surface area (Å²) in [6.07, 6.45) is 0.868. The second-order valence-corrected chi connectivity index (χ2v) is 7.04. The van der Waals surface area contributed by atoms with Crippen LogP contribution in [0, 0.1) is 0 Å². The molecule has 1 saturated heterocycles. The molecule has 2 aromatic rings. The zero-order valence-electron chi connectivity index (χ0n) is 17.6. The molecule has 6 nitrogen and oxygen atoms in total. The molecule has 1 N–H and O–H groups in total. The number of likely N-dealkylation sites (tertiary alicyclic amines) is 1. The number of aliphatic hydroxyl groups excluding tert-OH is 1. The van der Waals surface area contributed by atoms with E-state index in [0.29, 0.717) is 23.5 Å². The number of methoxy groups -OCH3 is 1. The minimum atomic E-state index is -0.716. The Morgan fingerprint density at radius 2 is 1.83 bits per heavy atom. The van der Waals surface area contributed by atoms with E-state index in [4.69, 9.17) is 9.47 Å². The van der Waals surface area contributed by atoms with Gasteiger partial charge in [0.15, 0.2) is 0 Å². The van der Waals surface area contributed by atoms with Gasteiger partial charge in [-0.2, -0.15) is 0 Å². The van der Waals surface area contributed by atoms with Crippen LogP contribution in [0.5, 0.6) is 5.75 Å². The van der Waals surface area contributed by atoms with E-state index in [1.165, 1.54) is 12.0 Å². The van der Waals surface area contributed by atoms with Crippen LogP contribution in [0.2, 0.25) is 0 Å². The van der Waals surface area contributed by atoms with Gasteiger partial charge in [0.25, 0.3) is 11.7 Å². The first-order valence-corrected chi connectivity index (χ1v) is 10.1. The second-order valence-electron chi connectivity index (χ2n) is 7.04. The number of carbonyl (C=O) groups is 2. The van der Waals surface area contributed by atoms with Crippen molar-refractivity contribution >= 4 is 17.4 Å². The number of rotatable bonds is 8. The van der Waals surface area contributed by atoms with Crippen LogP contribution in [0.25, 0.3) is 5.76 Å². The van der Waals surface area contributed by atoms with Gasteiger partial charge in [0.05, 0.1) is 24.8 Å². The van der Waals surface area contributed by atoms with Crippen LogP contribution in [-0.2, 0) is 20.7 Å². The van der Waals surface area contributed by atoms with Crippen molar-refractivity contribution in [1.29, 1.82) is 0 Å². The third-order valence-electron chi connectivity index (χ3n) is 5.20. The summed E-state index contributed by atoms with van der Waals surface area (Å²) in [6, 6.07) is 13.9. The predicted octanol–water partition coefficient (Wildman–Crippen LogP) is 3.72. The Morgan fingerprint density at radius 3 is 2.47 bits per heavy atom. The van der Waals surface area contributed by atoms with E-state index in [1.54, 1.807) is 18.2 Å². The van der Waals surface area contributed by atoms with Crippen molar-refractivity contribution in [3.05, 3.63) is 70.8 Å². The van der Waals surface area contributed by atoms with Gasteiger partial charge in [-0.1, -0.05) is 43.3 Å². The molecule has 6 heteroatoms. The predicted molar refractivity (Wildman–Crippen MR) is 114 cm³/mol. The Morgan fingerprint density at radius 1 is 1.10 bits per heavy atom. The number of aliphatic hydroxyl groups is 1.